The van der Waals surface area contributed by atoms with Crippen molar-refractivity contribution in [1.82, 2.24) is 4.90 Å². The summed E-state index contributed by atoms with van der Waals surface area (Å²) in [7, 11) is 2.16. The van der Waals surface area contributed by atoms with Gasteiger partial charge in [-0.3, -0.25) is 4.90 Å². The van der Waals surface area contributed by atoms with Crippen LogP contribution in [0.15, 0.2) is 33.2 Å². The zero-order chi connectivity index (χ0) is 14.3. The van der Waals surface area contributed by atoms with Crippen molar-refractivity contribution < 1.29 is 4.42 Å². The number of likely N-dealkylation sites (N-methyl/N-ethyl adjacent to an activating group) is 1. The molecule has 2 unspecified atom stereocenters. The highest BCUT2D eigenvalue weighted by Gasteiger charge is 2.35. The summed E-state index contributed by atoms with van der Waals surface area (Å²) in [4.78, 5) is 2.37. The number of furan rings is 1. The van der Waals surface area contributed by atoms with Gasteiger partial charge in [0.15, 0.2) is 0 Å². The molecule has 0 radical (unpaired) electrons. The van der Waals surface area contributed by atoms with Gasteiger partial charge in [-0.05, 0) is 57.0 Å². The van der Waals surface area contributed by atoms with Gasteiger partial charge in [-0.1, -0.05) is 15.9 Å². The molecule has 1 aliphatic carbocycles. The Morgan fingerprint density at radius 3 is 2.80 bits per heavy atom. The lowest BCUT2D eigenvalue weighted by Crippen LogP contribution is -2.40. The van der Waals surface area contributed by atoms with Crippen molar-refractivity contribution in [1.29, 1.82) is 0 Å². The second kappa shape index (κ2) is 5.51. The van der Waals surface area contributed by atoms with Crippen LogP contribution >= 0.6 is 15.9 Å². The first-order valence-electron chi connectivity index (χ1n) is 7.21. The number of halogens is 1. The summed E-state index contributed by atoms with van der Waals surface area (Å²) >= 11 is 3.50. The van der Waals surface area contributed by atoms with Crippen LogP contribution in [0, 0.1) is 5.92 Å². The Kier molecular flexibility index (Phi) is 3.89. The third-order valence-corrected chi connectivity index (χ3v) is 4.94. The van der Waals surface area contributed by atoms with E-state index in [1.807, 2.05) is 12.1 Å². The molecule has 2 aromatic rings. The van der Waals surface area contributed by atoms with Crippen LogP contribution in [0.3, 0.4) is 0 Å². The molecule has 0 amide bonds. The number of nitrogens with two attached hydrogens (primary N) is 1. The van der Waals surface area contributed by atoms with Gasteiger partial charge in [0.25, 0.3) is 0 Å². The largest absolute Gasteiger partial charge is 0.459 e. The van der Waals surface area contributed by atoms with Crippen molar-refractivity contribution in [3.8, 4) is 0 Å². The lowest BCUT2D eigenvalue weighted by Gasteiger charge is -2.31. The number of hydrogen-bond acceptors (Lipinski definition) is 3. The Bertz CT molecular complexity index is 606. The predicted molar refractivity (Wildman–Crippen MR) is 85.7 cm³/mol. The van der Waals surface area contributed by atoms with Crippen LogP contribution in [-0.4, -0.2) is 24.5 Å². The van der Waals surface area contributed by atoms with Crippen molar-refractivity contribution in [2.24, 2.45) is 11.7 Å². The van der Waals surface area contributed by atoms with Crippen LogP contribution in [0.2, 0.25) is 0 Å². The molecule has 0 bridgehead atoms. The van der Waals surface area contributed by atoms with Crippen molar-refractivity contribution in [3.63, 3.8) is 0 Å². The van der Waals surface area contributed by atoms with Crippen molar-refractivity contribution in [2.75, 3.05) is 13.6 Å². The molecule has 1 aromatic carbocycles. The van der Waals surface area contributed by atoms with E-state index in [1.165, 1.54) is 12.8 Å². The maximum absolute atomic E-state index is 6.00. The SMILES string of the molecule is CC(c1cc2cc(Br)ccc2o1)N(C)C(CN)C1CC1. The molecule has 1 saturated carbocycles. The highest BCUT2D eigenvalue weighted by atomic mass is 79.9. The minimum Gasteiger partial charge on any atom is -0.459 e. The lowest BCUT2D eigenvalue weighted by molar-refractivity contribution is 0.154. The maximum Gasteiger partial charge on any atom is 0.134 e. The quantitative estimate of drug-likeness (QED) is 0.899. The second-order valence-corrected chi connectivity index (χ2v) is 6.73. The summed E-state index contributed by atoms with van der Waals surface area (Å²) in [5.41, 5.74) is 6.89. The Morgan fingerprint density at radius 2 is 2.15 bits per heavy atom. The zero-order valence-electron chi connectivity index (χ0n) is 12.0. The smallest absolute Gasteiger partial charge is 0.134 e. The van der Waals surface area contributed by atoms with Gasteiger partial charge in [0, 0.05) is 22.4 Å². The zero-order valence-corrected chi connectivity index (χ0v) is 13.6. The molecule has 1 aliphatic rings. The summed E-state index contributed by atoms with van der Waals surface area (Å²) in [6.45, 7) is 2.91. The molecule has 0 saturated heterocycles. The fourth-order valence-corrected chi connectivity index (χ4v) is 3.28. The molecule has 0 aliphatic heterocycles. The maximum atomic E-state index is 6.00. The van der Waals surface area contributed by atoms with Gasteiger partial charge in [0.2, 0.25) is 0 Å². The van der Waals surface area contributed by atoms with Crippen LogP contribution in [0.25, 0.3) is 11.0 Å². The lowest BCUT2D eigenvalue weighted by atomic mass is 10.1. The first-order valence-corrected chi connectivity index (χ1v) is 8.00. The van der Waals surface area contributed by atoms with Gasteiger partial charge in [-0.25, -0.2) is 0 Å². The van der Waals surface area contributed by atoms with Crippen molar-refractivity contribution in [3.05, 3.63) is 34.5 Å². The number of nitrogens with zero attached hydrogens (tertiary/aromatic N) is 1. The molecular formula is C16H21BrN2O. The average molecular weight is 337 g/mol. The summed E-state index contributed by atoms with van der Waals surface area (Å²) in [6.07, 6.45) is 2.62. The summed E-state index contributed by atoms with van der Waals surface area (Å²) in [6, 6.07) is 8.96. The highest BCUT2D eigenvalue weighted by Crippen LogP contribution is 2.38. The van der Waals surface area contributed by atoms with Gasteiger partial charge >= 0.3 is 0 Å². The minimum absolute atomic E-state index is 0.246. The standard InChI is InChI=1S/C16H21BrN2O/c1-10(19(2)14(9-18)11-3-4-11)16-8-12-7-13(17)5-6-15(12)20-16/h5-8,10-11,14H,3-4,9,18H2,1-2H3. The van der Waals surface area contributed by atoms with E-state index in [1.54, 1.807) is 0 Å². The second-order valence-electron chi connectivity index (χ2n) is 5.81. The first kappa shape index (κ1) is 14.1. The summed E-state index contributed by atoms with van der Waals surface area (Å²) in [5.74, 6) is 1.78. The molecule has 1 fully saturated rings. The van der Waals surface area contributed by atoms with E-state index in [-0.39, 0.29) is 6.04 Å². The van der Waals surface area contributed by atoms with Gasteiger partial charge in [0.1, 0.15) is 11.3 Å². The molecular weight excluding hydrogens is 316 g/mol. The molecule has 1 heterocycles. The summed E-state index contributed by atoms with van der Waals surface area (Å²) < 4.78 is 7.08. The molecule has 2 N–H and O–H groups in total. The average Bonchev–Trinajstić information content (AvgIpc) is 3.17. The van der Waals surface area contributed by atoms with Crippen LogP contribution < -0.4 is 5.73 Å². The predicted octanol–water partition coefficient (Wildman–Crippen LogP) is 3.93. The van der Waals surface area contributed by atoms with Crippen LogP contribution in [0.1, 0.15) is 31.6 Å². The molecule has 1 aromatic heterocycles. The Morgan fingerprint density at radius 1 is 1.40 bits per heavy atom. The normalized spacial score (nSPS) is 18.6. The fraction of sp³-hybridized carbons (Fsp3) is 0.500. The monoisotopic (exact) mass is 336 g/mol. The van der Waals surface area contributed by atoms with E-state index in [4.69, 9.17) is 10.2 Å². The highest BCUT2D eigenvalue weighted by molar-refractivity contribution is 9.10. The Balaban J connectivity index is 1.85. The van der Waals surface area contributed by atoms with E-state index < -0.39 is 0 Å². The molecule has 4 heteroatoms. The first-order chi connectivity index (χ1) is 9.60. The molecule has 0 spiro atoms. The van der Waals surface area contributed by atoms with Crippen LogP contribution in [-0.2, 0) is 0 Å². The van der Waals surface area contributed by atoms with E-state index >= 15 is 0 Å². The molecule has 108 valence electrons. The van der Waals surface area contributed by atoms with E-state index in [0.29, 0.717) is 6.04 Å². The summed E-state index contributed by atoms with van der Waals surface area (Å²) in [5, 5.41) is 1.14. The van der Waals surface area contributed by atoms with E-state index in [0.717, 1.165) is 33.7 Å². The topological polar surface area (TPSA) is 42.4 Å². The van der Waals surface area contributed by atoms with Crippen LogP contribution in [0.4, 0.5) is 0 Å². The van der Waals surface area contributed by atoms with Gasteiger partial charge < -0.3 is 10.2 Å². The number of benzene rings is 1. The third kappa shape index (κ3) is 2.65. The van der Waals surface area contributed by atoms with E-state index in [2.05, 4.69) is 46.9 Å². The van der Waals surface area contributed by atoms with Crippen LogP contribution in [0.5, 0.6) is 0 Å². The van der Waals surface area contributed by atoms with E-state index in [9.17, 15) is 0 Å². The van der Waals surface area contributed by atoms with Gasteiger partial charge in [-0.15, -0.1) is 0 Å². The Hall–Kier alpha value is -0.840. The Labute approximate surface area is 128 Å². The third-order valence-electron chi connectivity index (χ3n) is 4.45. The number of rotatable bonds is 5. The molecule has 3 rings (SSSR count). The fourth-order valence-electron chi connectivity index (χ4n) is 2.90. The number of hydrogen-bond donors (Lipinski definition) is 1. The van der Waals surface area contributed by atoms with Gasteiger partial charge in [-0.2, -0.15) is 0 Å². The molecule has 3 nitrogen and oxygen atoms in total. The molecule has 20 heavy (non-hydrogen) atoms. The number of fused-ring (bicyclic) bond motifs is 1. The molecule has 2 atom stereocenters. The van der Waals surface area contributed by atoms with Gasteiger partial charge in [0.05, 0.1) is 6.04 Å². The van der Waals surface area contributed by atoms with Crippen molar-refractivity contribution >= 4 is 26.9 Å². The van der Waals surface area contributed by atoms with Crippen molar-refractivity contribution in [2.45, 2.75) is 31.8 Å². The minimum atomic E-state index is 0.246.